The van der Waals surface area contributed by atoms with E-state index in [0.717, 1.165) is 11.1 Å². The van der Waals surface area contributed by atoms with E-state index in [1.165, 1.54) is 18.2 Å². The predicted octanol–water partition coefficient (Wildman–Crippen LogP) is -0.248. The van der Waals surface area contributed by atoms with Crippen molar-refractivity contribution in [1.29, 1.82) is 0 Å². The van der Waals surface area contributed by atoms with Gasteiger partial charge in [-0.1, -0.05) is 12.1 Å². The lowest BCUT2D eigenvalue weighted by molar-refractivity contribution is -0.133. The number of amides is 3. The van der Waals surface area contributed by atoms with E-state index < -0.39 is 33.5 Å². The molecule has 3 amide bonds. The molecule has 2 aliphatic heterocycles. The SMILES string of the molecule is O=C(NNC(=O)c1ccccc1F)C1=NN(C2CCS(=O)(=O)C2)C(=O)CC1. The smallest absolute Gasteiger partial charge is 0.273 e. The number of nitrogens with zero attached hydrogens (tertiary/aromatic N) is 2. The molecule has 1 atom stereocenters. The van der Waals surface area contributed by atoms with E-state index >= 15 is 0 Å². The first-order chi connectivity index (χ1) is 12.8. The van der Waals surface area contributed by atoms with E-state index in [2.05, 4.69) is 16.0 Å². The van der Waals surface area contributed by atoms with Gasteiger partial charge in [0.15, 0.2) is 9.84 Å². The van der Waals surface area contributed by atoms with Gasteiger partial charge >= 0.3 is 0 Å². The fraction of sp³-hybridized carbons (Fsp3) is 0.375. The highest BCUT2D eigenvalue weighted by molar-refractivity contribution is 7.91. The van der Waals surface area contributed by atoms with Crippen LogP contribution in [-0.4, -0.2) is 54.4 Å². The molecule has 0 bridgehead atoms. The summed E-state index contributed by atoms with van der Waals surface area (Å²) in [5.41, 5.74) is 3.95. The maximum absolute atomic E-state index is 13.6. The Morgan fingerprint density at radius 2 is 1.85 bits per heavy atom. The van der Waals surface area contributed by atoms with Crippen molar-refractivity contribution >= 4 is 33.3 Å². The van der Waals surface area contributed by atoms with E-state index in [1.807, 2.05) is 0 Å². The molecule has 2 aliphatic rings. The number of hydrogen-bond donors (Lipinski definition) is 2. The Hall–Kier alpha value is -2.82. The number of rotatable bonds is 3. The van der Waals surface area contributed by atoms with Crippen LogP contribution in [0, 0.1) is 5.82 Å². The highest BCUT2D eigenvalue weighted by Crippen LogP contribution is 2.22. The summed E-state index contributed by atoms with van der Waals surface area (Å²) >= 11 is 0. The molecule has 11 heteroatoms. The van der Waals surface area contributed by atoms with Crippen LogP contribution in [0.3, 0.4) is 0 Å². The Labute approximate surface area is 154 Å². The molecule has 9 nitrogen and oxygen atoms in total. The number of hydrazone groups is 1. The summed E-state index contributed by atoms with van der Waals surface area (Å²) in [6.07, 6.45) is 0.316. The lowest BCUT2D eigenvalue weighted by atomic mass is 10.1. The highest BCUT2D eigenvalue weighted by Gasteiger charge is 2.37. The molecule has 0 aromatic heterocycles. The van der Waals surface area contributed by atoms with Crippen molar-refractivity contribution in [3.63, 3.8) is 0 Å². The molecule has 3 rings (SSSR count). The molecule has 2 N–H and O–H groups in total. The molecule has 0 spiro atoms. The zero-order chi connectivity index (χ0) is 19.6. The van der Waals surface area contributed by atoms with Crippen LogP contribution in [-0.2, 0) is 19.4 Å². The molecule has 1 unspecified atom stereocenters. The molecular weight excluding hydrogens is 379 g/mol. The number of hydrogen-bond acceptors (Lipinski definition) is 6. The zero-order valence-electron chi connectivity index (χ0n) is 14.1. The highest BCUT2D eigenvalue weighted by atomic mass is 32.2. The van der Waals surface area contributed by atoms with Gasteiger partial charge in [0.1, 0.15) is 11.5 Å². The molecular formula is C16H17FN4O5S. The fourth-order valence-corrected chi connectivity index (χ4v) is 4.58. The molecule has 27 heavy (non-hydrogen) atoms. The molecule has 0 aliphatic carbocycles. The van der Waals surface area contributed by atoms with Gasteiger partial charge in [0.2, 0.25) is 5.91 Å². The quantitative estimate of drug-likeness (QED) is 0.682. The third-order valence-electron chi connectivity index (χ3n) is 4.28. The van der Waals surface area contributed by atoms with Crippen molar-refractivity contribution in [2.24, 2.45) is 5.10 Å². The first-order valence-electron chi connectivity index (χ1n) is 8.22. The lowest BCUT2D eigenvalue weighted by Gasteiger charge is -2.27. The van der Waals surface area contributed by atoms with Crippen molar-refractivity contribution in [2.45, 2.75) is 25.3 Å². The third kappa shape index (κ3) is 4.30. The number of carbonyl (C=O) groups is 3. The van der Waals surface area contributed by atoms with Gasteiger partial charge in [-0.3, -0.25) is 25.2 Å². The zero-order valence-corrected chi connectivity index (χ0v) is 15.0. The second-order valence-electron chi connectivity index (χ2n) is 6.23. The Kier molecular flexibility index (Phi) is 5.22. The molecule has 1 aromatic rings. The number of halogens is 1. The van der Waals surface area contributed by atoms with Crippen LogP contribution in [0.2, 0.25) is 0 Å². The standard InChI is InChI=1S/C16H17FN4O5S/c17-12-4-2-1-3-11(12)15(23)18-19-16(24)13-5-6-14(22)21(20-13)10-7-8-27(25,26)9-10/h1-4,10H,5-9H2,(H,18,23)(H,19,24). The van der Waals surface area contributed by atoms with Crippen LogP contribution in [0.15, 0.2) is 29.4 Å². The van der Waals surface area contributed by atoms with Gasteiger partial charge in [-0.15, -0.1) is 0 Å². The topological polar surface area (TPSA) is 125 Å². The van der Waals surface area contributed by atoms with Gasteiger partial charge in [-0.25, -0.2) is 17.8 Å². The van der Waals surface area contributed by atoms with Crippen LogP contribution in [0.1, 0.15) is 29.6 Å². The minimum absolute atomic E-state index is 0.00403. The lowest BCUT2D eigenvalue weighted by Crippen LogP contribution is -2.48. The van der Waals surface area contributed by atoms with Crippen molar-refractivity contribution < 1.29 is 27.2 Å². The average Bonchev–Trinajstić information content (AvgIpc) is 3.00. The van der Waals surface area contributed by atoms with Gasteiger partial charge < -0.3 is 0 Å². The first kappa shape index (κ1) is 19.0. The Morgan fingerprint density at radius 3 is 2.52 bits per heavy atom. The van der Waals surface area contributed by atoms with Crippen molar-refractivity contribution in [3.05, 3.63) is 35.6 Å². The van der Waals surface area contributed by atoms with E-state index in [9.17, 15) is 27.2 Å². The number of benzene rings is 1. The molecule has 1 saturated heterocycles. The molecule has 0 radical (unpaired) electrons. The summed E-state index contributed by atoms with van der Waals surface area (Å²) < 4.78 is 36.8. The average molecular weight is 396 g/mol. The van der Waals surface area contributed by atoms with Gasteiger partial charge in [0.05, 0.1) is 23.1 Å². The van der Waals surface area contributed by atoms with E-state index in [0.29, 0.717) is 0 Å². The summed E-state index contributed by atoms with van der Waals surface area (Å²) in [6, 6.07) is 4.68. The summed E-state index contributed by atoms with van der Waals surface area (Å²) in [4.78, 5) is 36.1. The number of sulfone groups is 1. The predicted molar refractivity (Wildman–Crippen MR) is 92.6 cm³/mol. The summed E-state index contributed by atoms with van der Waals surface area (Å²) in [5, 5.41) is 5.02. The van der Waals surface area contributed by atoms with E-state index in [-0.39, 0.29) is 48.0 Å². The van der Waals surface area contributed by atoms with Crippen LogP contribution in [0.4, 0.5) is 4.39 Å². The maximum Gasteiger partial charge on any atom is 0.285 e. The van der Waals surface area contributed by atoms with Crippen LogP contribution in [0.25, 0.3) is 0 Å². The first-order valence-corrected chi connectivity index (χ1v) is 10.0. The summed E-state index contributed by atoms with van der Waals surface area (Å²) in [5.74, 6) is -2.91. The van der Waals surface area contributed by atoms with Gasteiger partial charge in [-0.05, 0) is 18.6 Å². The van der Waals surface area contributed by atoms with Crippen molar-refractivity contribution in [2.75, 3.05) is 11.5 Å². The maximum atomic E-state index is 13.6. The number of carbonyl (C=O) groups excluding carboxylic acids is 3. The third-order valence-corrected chi connectivity index (χ3v) is 6.03. The minimum atomic E-state index is -3.22. The minimum Gasteiger partial charge on any atom is -0.273 e. The fourth-order valence-electron chi connectivity index (χ4n) is 2.89. The van der Waals surface area contributed by atoms with E-state index in [1.54, 1.807) is 0 Å². The van der Waals surface area contributed by atoms with E-state index in [4.69, 9.17) is 0 Å². The summed E-state index contributed by atoms with van der Waals surface area (Å²) in [7, 11) is -3.22. The van der Waals surface area contributed by atoms with Crippen molar-refractivity contribution in [1.82, 2.24) is 15.9 Å². The Bertz CT molecular complexity index is 930. The molecule has 2 heterocycles. The molecule has 144 valence electrons. The number of nitrogens with one attached hydrogen (secondary N) is 2. The normalized spacial score (nSPS) is 21.5. The molecule has 0 saturated carbocycles. The van der Waals surface area contributed by atoms with Crippen LogP contribution >= 0.6 is 0 Å². The summed E-state index contributed by atoms with van der Waals surface area (Å²) in [6.45, 7) is 0. The van der Waals surface area contributed by atoms with Gasteiger partial charge in [-0.2, -0.15) is 5.10 Å². The molecule has 1 aromatic carbocycles. The van der Waals surface area contributed by atoms with Gasteiger partial charge in [0, 0.05) is 12.8 Å². The van der Waals surface area contributed by atoms with Gasteiger partial charge in [0.25, 0.3) is 11.8 Å². The van der Waals surface area contributed by atoms with Crippen LogP contribution < -0.4 is 10.9 Å². The van der Waals surface area contributed by atoms with Crippen molar-refractivity contribution in [3.8, 4) is 0 Å². The second kappa shape index (κ2) is 7.43. The Balaban J connectivity index is 1.65. The Morgan fingerprint density at radius 1 is 1.15 bits per heavy atom. The largest absolute Gasteiger partial charge is 0.285 e. The monoisotopic (exact) mass is 396 g/mol. The molecule has 1 fully saturated rings. The number of hydrazine groups is 1. The second-order valence-corrected chi connectivity index (χ2v) is 8.46. The van der Waals surface area contributed by atoms with Crippen LogP contribution in [0.5, 0.6) is 0 Å².